The first-order valence-corrected chi connectivity index (χ1v) is 5.99. The van der Waals surface area contributed by atoms with Gasteiger partial charge in [0.1, 0.15) is 5.41 Å². The number of amides is 1. The molecule has 104 valence electrons. The molecule has 0 aromatic carbocycles. The van der Waals surface area contributed by atoms with E-state index >= 15 is 0 Å². The van der Waals surface area contributed by atoms with E-state index in [1.54, 1.807) is 0 Å². The molecule has 1 fully saturated rings. The van der Waals surface area contributed by atoms with Gasteiger partial charge in [-0.2, -0.15) is 0 Å². The molecule has 0 heterocycles. The number of carboxylic acid groups (broad SMARTS) is 1. The largest absolute Gasteiger partial charge is 0.481 e. The van der Waals surface area contributed by atoms with Gasteiger partial charge in [0.25, 0.3) is 5.92 Å². The molecule has 0 spiro atoms. The Bertz CT molecular complexity index is 357. The second-order valence-corrected chi connectivity index (χ2v) is 5.59. The second-order valence-electron chi connectivity index (χ2n) is 5.59. The summed E-state index contributed by atoms with van der Waals surface area (Å²) in [5, 5.41) is 11.3. The van der Waals surface area contributed by atoms with Crippen molar-refractivity contribution in [1.29, 1.82) is 0 Å². The number of alkyl halides is 2. The summed E-state index contributed by atoms with van der Waals surface area (Å²) in [5.41, 5.74) is -1.66. The Morgan fingerprint density at radius 3 is 2.22 bits per heavy atom. The Morgan fingerprint density at radius 1 is 1.39 bits per heavy atom. The average Bonchev–Trinajstić information content (AvgIpc) is 2.73. The minimum absolute atomic E-state index is 0.0992. The Kier molecular flexibility index (Phi) is 3.98. The van der Waals surface area contributed by atoms with Gasteiger partial charge < -0.3 is 10.4 Å². The van der Waals surface area contributed by atoms with Crippen molar-refractivity contribution in [2.24, 2.45) is 17.3 Å². The van der Waals surface area contributed by atoms with Gasteiger partial charge in [-0.3, -0.25) is 9.59 Å². The van der Waals surface area contributed by atoms with Crippen molar-refractivity contribution in [2.75, 3.05) is 6.54 Å². The van der Waals surface area contributed by atoms with Gasteiger partial charge in [-0.1, -0.05) is 13.8 Å². The predicted molar refractivity (Wildman–Crippen MR) is 61.3 cm³/mol. The Hall–Kier alpha value is -1.20. The molecule has 18 heavy (non-hydrogen) atoms. The highest BCUT2D eigenvalue weighted by Crippen LogP contribution is 2.60. The lowest BCUT2D eigenvalue weighted by atomic mass is 9.97. The van der Waals surface area contributed by atoms with E-state index in [9.17, 15) is 18.4 Å². The molecule has 2 atom stereocenters. The van der Waals surface area contributed by atoms with Crippen LogP contribution in [-0.2, 0) is 9.59 Å². The van der Waals surface area contributed by atoms with Crippen LogP contribution in [0.5, 0.6) is 0 Å². The third-order valence-electron chi connectivity index (χ3n) is 3.37. The minimum atomic E-state index is -2.96. The van der Waals surface area contributed by atoms with Crippen LogP contribution in [0.15, 0.2) is 0 Å². The van der Waals surface area contributed by atoms with Crippen LogP contribution >= 0.6 is 0 Å². The lowest BCUT2D eigenvalue weighted by Gasteiger charge is -2.17. The first-order chi connectivity index (χ1) is 8.10. The zero-order chi connectivity index (χ0) is 14.1. The Balaban J connectivity index is 2.49. The molecule has 1 aliphatic carbocycles. The quantitative estimate of drug-likeness (QED) is 0.769. The third kappa shape index (κ3) is 2.97. The number of rotatable bonds is 6. The zero-order valence-corrected chi connectivity index (χ0v) is 10.8. The molecule has 2 N–H and O–H groups in total. The van der Waals surface area contributed by atoms with E-state index in [1.165, 1.54) is 6.92 Å². The summed E-state index contributed by atoms with van der Waals surface area (Å²) in [5.74, 6) is -5.31. The number of nitrogens with one attached hydrogen (secondary N) is 1. The highest BCUT2D eigenvalue weighted by molar-refractivity contribution is 5.87. The second kappa shape index (κ2) is 4.82. The molecular formula is C12H19F2NO3. The topological polar surface area (TPSA) is 66.4 Å². The van der Waals surface area contributed by atoms with Gasteiger partial charge >= 0.3 is 5.97 Å². The van der Waals surface area contributed by atoms with Crippen LogP contribution in [0.25, 0.3) is 0 Å². The molecule has 1 aliphatic rings. The number of halogens is 2. The van der Waals surface area contributed by atoms with Crippen molar-refractivity contribution in [1.82, 2.24) is 5.32 Å². The molecule has 0 saturated heterocycles. The molecule has 0 aromatic heterocycles. The van der Waals surface area contributed by atoms with Gasteiger partial charge in [-0.05, 0) is 19.3 Å². The normalized spacial score (nSPS) is 26.8. The van der Waals surface area contributed by atoms with Crippen LogP contribution in [0, 0.1) is 17.3 Å². The number of hydrogen-bond acceptors (Lipinski definition) is 2. The summed E-state index contributed by atoms with van der Waals surface area (Å²) in [6.07, 6.45) is -0.0591. The minimum Gasteiger partial charge on any atom is -0.481 e. The summed E-state index contributed by atoms with van der Waals surface area (Å²) in [7, 11) is 0. The summed E-state index contributed by atoms with van der Waals surface area (Å²) in [6, 6.07) is 0. The van der Waals surface area contributed by atoms with Crippen molar-refractivity contribution in [2.45, 2.75) is 39.5 Å². The molecule has 1 rings (SSSR count). The van der Waals surface area contributed by atoms with Crippen molar-refractivity contribution >= 4 is 11.9 Å². The van der Waals surface area contributed by atoms with Gasteiger partial charge in [0, 0.05) is 13.0 Å². The van der Waals surface area contributed by atoms with Crippen LogP contribution in [0.1, 0.15) is 33.6 Å². The lowest BCUT2D eigenvalue weighted by molar-refractivity contribution is -0.142. The maximum absolute atomic E-state index is 12.9. The molecule has 0 bridgehead atoms. The first kappa shape index (κ1) is 14.9. The zero-order valence-electron chi connectivity index (χ0n) is 10.8. The SMILES string of the molecule is CC(C)C[C@H](CNC(=O)[C@]1(C)CC1(F)F)C(=O)O. The third-order valence-corrected chi connectivity index (χ3v) is 3.37. The number of carbonyl (C=O) groups excluding carboxylic acids is 1. The van der Waals surface area contributed by atoms with Crippen LogP contribution in [-0.4, -0.2) is 29.5 Å². The number of carboxylic acids is 1. The van der Waals surface area contributed by atoms with Gasteiger partial charge in [0.15, 0.2) is 0 Å². The number of hydrogen-bond donors (Lipinski definition) is 2. The Morgan fingerprint density at radius 2 is 1.89 bits per heavy atom. The van der Waals surface area contributed by atoms with Gasteiger partial charge in [-0.15, -0.1) is 0 Å². The monoisotopic (exact) mass is 263 g/mol. The van der Waals surface area contributed by atoms with Crippen molar-refractivity contribution in [3.8, 4) is 0 Å². The average molecular weight is 263 g/mol. The van der Waals surface area contributed by atoms with E-state index in [-0.39, 0.29) is 12.5 Å². The van der Waals surface area contributed by atoms with E-state index in [0.717, 1.165) is 0 Å². The van der Waals surface area contributed by atoms with Crippen LogP contribution in [0.2, 0.25) is 0 Å². The summed E-state index contributed by atoms with van der Waals surface area (Å²) >= 11 is 0. The van der Waals surface area contributed by atoms with Gasteiger partial charge in [0.2, 0.25) is 5.91 Å². The molecule has 0 unspecified atom stereocenters. The van der Waals surface area contributed by atoms with E-state index in [2.05, 4.69) is 5.32 Å². The predicted octanol–water partition coefficient (Wildman–Crippen LogP) is 1.89. The number of aliphatic carboxylic acids is 1. The van der Waals surface area contributed by atoms with Crippen LogP contribution in [0.4, 0.5) is 8.78 Å². The lowest BCUT2D eigenvalue weighted by Crippen LogP contribution is -2.39. The van der Waals surface area contributed by atoms with E-state index in [4.69, 9.17) is 5.11 Å². The highest BCUT2D eigenvalue weighted by Gasteiger charge is 2.72. The van der Waals surface area contributed by atoms with E-state index < -0.39 is 35.6 Å². The fourth-order valence-electron chi connectivity index (χ4n) is 1.90. The molecule has 6 heteroatoms. The van der Waals surface area contributed by atoms with Gasteiger partial charge in [-0.25, -0.2) is 8.78 Å². The van der Waals surface area contributed by atoms with Crippen molar-refractivity contribution in [3.05, 3.63) is 0 Å². The number of carbonyl (C=O) groups is 2. The Labute approximate surface area is 105 Å². The fourth-order valence-corrected chi connectivity index (χ4v) is 1.90. The van der Waals surface area contributed by atoms with Crippen LogP contribution < -0.4 is 5.32 Å². The maximum Gasteiger partial charge on any atom is 0.308 e. The first-order valence-electron chi connectivity index (χ1n) is 5.99. The van der Waals surface area contributed by atoms with Crippen molar-refractivity contribution in [3.63, 3.8) is 0 Å². The van der Waals surface area contributed by atoms with Crippen LogP contribution in [0.3, 0.4) is 0 Å². The molecular weight excluding hydrogens is 244 g/mol. The summed E-state index contributed by atoms with van der Waals surface area (Å²) in [6.45, 7) is 4.83. The standard InChI is InChI=1S/C12H19F2NO3/c1-7(2)4-8(9(16)17)5-15-10(18)11(3)6-12(11,13)14/h7-8H,4-6H2,1-3H3,(H,15,18)(H,16,17)/t8-,11+/m1/s1. The molecule has 0 aromatic rings. The smallest absolute Gasteiger partial charge is 0.308 e. The molecule has 4 nitrogen and oxygen atoms in total. The summed E-state index contributed by atoms with van der Waals surface area (Å²) < 4.78 is 25.9. The van der Waals surface area contributed by atoms with Crippen molar-refractivity contribution < 1.29 is 23.5 Å². The molecule has 1 saturated carbocycles. The fraction of sp³-hybridized carbons (Fsp3) is 0.833. The highest BCUT2D eigenvalue weighted by atomic mass is 19.3. The van der Waals surface area contributed by atoms with Gasteiger partial charge in [0.05, 0.1) is 5.92 Å². The summed E-state index contributed by atoms with van der Waals surface area (Å²) in [4.78, 5) is 22.5. The molecule has 0 aliphatic heterocycles. The maximum atomic E-state index is 12.9. The van der Waals surface area contributed by atoms with E-state index in [0.29, 0.717) is 6.42 Å². The molecule has 1 amide bonds. The molecule has 0 radical (unpaired) electrons. The van der Waals surface area contributed by atoms with E-state index in [1.807, 2.05) is 13.8 Å².